The molecule has 0 fully saturated rings. The Balaban J connectivity index is 2.85. The van der Waals surface area contributed by atoms with E-state index in [1.54, 1.807) is 0 Å². The van der Waals surface area contributed by atoms with Crippen molar-refractivity contribution in [3.8, 4) is 11.5 Å². The number of aromatic nitrogens is 2. The maximum absolute atomic E-state index is 12.0. The van der Waals surface area contributed by atoms with Crippen LogP contribution in [0, 0.1) is 0 Å². The smallest absolute Gasteiger partial charge is 0.262 e. The number of aryl methyl sites for hydroxylation is 1. The van der Waals surface area contributed by atoms with E-state index in [4.69, 9.17) is 23.2 Å². The second kappa shape index (κ2) is 4.43. The number of halogens is 2. The predicted molar refractivity (Wildman–Crippen MR) is 65.1 cm³/mol. The van der Waals surface area contributed by atoms with Crippen LogP contribution < -0.4 is 5.56 Å². The Bertz CT molecular complexity index is 639. The van der Waals surface area contributed by atoms with Gasteiger partial charge in [-0.15, -0.1) is 11.6 Å². The first-order valence-corrected chi connectivity index (χ1v) is 5.63. The fourth-order valence-electron chi connectivity index (χ4n) is 1.50. The standard InChI is InChI=1S/C10H8Cl2N2O3/c11-1-2-14-4-13-5-3-6(15)9(16)8(12)7(5)10(14)17/h3-4,15-16H,1-2H2. The molecule has 0 spiro atoms. The quantitative estimate of drug-likeness (QED) is 0.646. The molecule has 90 valence electrons. The summed E-state index contributed by atoms with van der Waals surface area (Å²) in [7, 11) is 0. The van der Waals surface area contributed by atoms with E-state index < -0.39 is 17.1 Å². The normalized spacial score (nSPS) is 10.9. The molecule has 0 bridgehead atoms. The molecule has 0 radical (unpaired) electrons. The summed E-state index contributed by atoms with van der Waals surface area (Å²) in [5, 5.41) is 18.7. The van der Waals surface area contributed by atoms with Crippen molar-refractivity contribution in [2.75, 3.05) is 5.88 Å². The first-order valence-electron chi connectivity index (χ1n) is 4.71. The van der Waals surface area contributed by atoms with E-state index in [9.17, 15) is 15.0 Å². The number of fused-ring (bicyclic) bond motifs is 1. The third kappa shape index (κ3) is 1.92. The van der Waals surface area contributed by atoms with Gasteiger partial charge in [-0.3, -0.25) is 9.36 Å². The Hall–Kier alpha value is -1.46. The molecule has 7 heteroatoms. The van der Waals surface area contributed by atoms with Crippen molar-refractivity contribution in [2.24, 2.45) is 0 Å². The van der Waals surface area contributed by atoms with Gasteiger partial charge in [0, 0.05) is 18.5 Å². The highest BCUT2D eigenvalue weighted by Crippen LogP contribution is 2.37. The first kappa shape index (κ1) is 12.0. The average Bonchev–Trinajstić information content (AvgIpc) is 2.30. The van der Waals surface area contributed by atoms with Crippen LogP contribution in [0.15, 0.2) is 17.2 Å². The van der Waals surface area contributed by atoms with Crippen molar-refractivity contribution in [3.05, 3.63) is 27.8 Å². The van der Waals surface area contributed by atoms with E-state index in [2.05, 4.69) is 4.98 Å². The van der Waals surface area contributed by atoms with Crippen LogP contribution in [0.3, 0.4) is 0 Å². The fourth-order valence-corrected chi connectivity index (χ4v) is 1.95. The number of aromatic hydroxyl groups is 2. The van der Waals surface area contributed by atoms with Gasteiger partial charge in [0.2, 0.25) is 0 Å². The van der Waals surface area contributed by atoms with Gasteiger partial charge in [-0.05, 0) is 0 Å². The minimum atomic E-state index is -0.526. The zero-order valence-corrected chi connectivity index (χ0v) is 10.0. The highest BCUT2D eigenvalue weighted by Gasteiger charge is 2.15. The molecule has 0 atom stereocenters. The number of phenols is 2. The molecule has 0 amide bonds. The molecule has 0 saturated heterocycles. The lowest BCUT2D eigenvalue weighted by atomic mass is 10.2. The zero-order valence-electron chi connectivity index (χ0n) is 8.52. The van der Waals surface area contributed by atoms with Crippen LogP contribution in [-0.4, -0.2) is 25.6 Å². The third-order valence-electron chi connectivity index (χ3n) is 2.34. The summed E-state index contributed by atoms with van der Waals surface area (Å²) < 4.78 is 1.29. The van der Waals surface area contributed by atoms with Gasteiger partial charge in [-0.25, -0.2) is 4.98 Å². The Labute approximate surface area is 106 Å². The van der Waals surface area contributed by atoms with Crippen molar-refractivity contribution in [1.82, 2.24) is 9.55 Å². The van der Waals surface area contributed by atoms with Gasteiger partial charge >= 0.3 is 0 Å². The molecule has 0 aliphatic carbocycles. The summed E-state index contributed by atoms with van der Waals surface area (Å²) >= 11 is 11.4. The van der Waals surface area contributed by atoms with Crippen LogP contribution in [0.2, 0.25) is 5.02 Å². The second-order valence-corrected chi connectivity index (χ2v) is 4.14. The van der Waals surface area contributed by atoms with Crippen LogP contribution >= 0.6 is 23.2 Å². The summed E-state index contributed by atoms with van der Waals surface area (Å²) in [6, 6.07) is 1.18. The maximum Gasteiger partial charge on any atom is 0.262 e. The summed E-state index contributed by atoms with van der Waals surface area (Å²) in [6.07, 6.45) is 1.32. The number of hydrogen-bond acceptors (Lipinski definition) is 4. The maximum atomic E-state index is 12.0. The molecule has 0 saturated carbocycles. The van der Waals surface area contributed by atoms with Gasteiger partial charge in [-0.1, -0.05) is 11.6 Å². The summed E-state index contributed by atoms with van der Waals surface area (Å²) in [6.45, 7) is 0.293. The fraction of sp³-hybridized carbons (Fsp3) is 0.200. The number of hydrogen-bond donors (Lipinski definition) is 2. The molecule has 0 unspecified atom stereocenters. The molecule has 0 aliphatic heterocycles. The lowest BCUT2D eigenvalue weighted by Crippen LogP contribution is -2.21. The molecule has 1 aromatic heterocycles. The minimum Gasteiger partial charge on any atom is -0.504 e. The van der Waals surface area contributed by atoms with Crippen molar-refractivity contribution in [3.63, 3.8) is 0 Å². The molecule has 2 aromatic rings. The monoisotopic (exact) mass is 274 g/mol. The van der Waals surface area contributed by atoms with Crippen molar-refractivity contribution >= 4 is 34.1 Å². The third-order valence-corrected chi connectivity index (χ3v) is 2.87. The van der Waals surface area contributed by atoms with Gasteiger partial charge < -0.3 is 10.2 Å². The van der Waals surface area contributed by atoms with Gasteiger partial charge in [0.1, 0.15) is 5.02 Å². The van der Waals surface area contributed by atoms with Crippen LogP contribution in [0.25, 0.3) is 10.9 Å². The Morgan fingerprint density at radius 1 is 1.41 bits per heavy atom. The van der Waals surface area contributed by atoms with Crippen molar-refractivity contribution < 1.29 is 10.2 Å². The van der Waals surface area contributed by atoms with E-state index in [0.29, 0.717) is 6.54 Å². The molecule has 1 heterocycles. The number of alkyl halides is 1. The second-order valence-electron chi connectivity index (χ2n) is 3.38. The molecular formula is C10H8Cl2N2O3. The van der Waals surface area contributed by atoms with Gasteiger partial charge in [0.05, 0.1) is 17.2 Å². The molecule has 2 N–H and O–H groups in total. The predicted octanol–water partition coefficient (Wildman–Crippen LogP) is 1.70. The number of rotatable bonds is 2. The minimum absolute atomic E-state index is 0.0644. The van der Waals surface area contributed by atoms with Gasteiger partial charge in [0.15, 0.2) is 11.5 Å². The molecule has 2 rings (SSSR count). The van der Waals surface area contributed by atoms with E-state index in [1.165, 1.54) is 17.0 Å². The highest BCUT2D eigenvalue weighted by molar-refractivity contribution is 6.37. The Morgan fingerprint density at radius 2 is 2.12 bits per heavy atom. The van der Waals surface area contributed by atoms with Gasteiger partial charge in [-0.2, -0.15) is 0 Å². The molecular weight excluding hydrogens is 267 g/mol. The lowest BCUT2D eigenvalue weighted by molar-refractivity contribution is 0.405. The highest BCUT2D eigenvalue weighted by atomic mass is 35.5. The summed E-state index contributed by atoms with van der Waals surface area (Å²) in [4.78, 5) is 16.0. The summed E-state index contributed by atoms with van der Waals surface area (Å²) in [5.41, 5.74) is -0.183. The molecule has 5 nitrogen and oxygen atoms in total. The molecule has 0 aliphatic rings. The molecule has 17 heavy (non-hydrogen) atoms. The van der Waals surface area contributed by atoms with Crippen molar-refractivity contribution in [2.45, 2.75) is 6.54 Å². The van der Waals surface area contributed by atoms with Crippen LogP contribution in [-0.2, 0) is 6.54 Å². The topological polar surface area (TPSA) is 75.3 Å². The lowest BCUT2D eigenvalue weighted by Gasteiger charge is -2.07. The zero-order chi connectivity index (χ0) is 12.6. The Kier molecular flexibility index (Phi) is 3.13. The van der Waals surface area contributed by atoms with Gasteiger partial charge in [0.25, 0.3) is 5.56 Å². The number of phenolic OH excluding ortho intramolecular Hbond substituents is 2. The largest absolute Gasteiger partial charge is 0.504 e. The van der Waals surface area contributed by atoms with Crippen LogP contribution in [0.4, 0.5) is 0 Å². The van der Waals surface area contributed by atoms with E-state index in [-0.39, 0.29) is 21.8 Å². The van der Waals surface area contributed by atoms with Crippen LogP contribution in [0.1, 0.15) is 0 Å². The molecule has 1 aromatic carbocycles. The Morgan fingerprint density at radius 3 is 2.76 bits per heavy atom. The number of nitrogens with zero attached hydrogens (tertiary/aromatic N) is 2. The average molecular weight is 275 g/mol. The SMILES string of the molecule is O=c1c2c(Cl)c(O)c(O)cc2ncn1CCCl. The summed E-state index contributed by atoms with van der Waals surface area (Å²) in [5.74, 6) is -0.680. The van der Waals surface area contributed by atoms with E-state index in [1.807, 2.05) is 0 Å². The van der Waals surface area contributed by atoms with E-state index >= 15 is 0 Å². The van der Waals surface area contributed by atoms with Crippen molar-refractivity contribution in [1.29, 1.82) is 0 Å². The number of benzene rings is 1. The first-order chi connectivity index (χ1) is 8.06. The van der Waals surface area contributed by atoms with Crippen LogP contribution in [0.5, 0.6) is 11.5 Å². The van der Waals surface area contributed by atoms with E-state index in [0.717, 1.165) is 0 Å².